The second-order valence-electron chi connectivity index (χ2n) is 5.38. The van der Waals surface area contributed by atoms with E-state index in [4.69, 9.17) is 4.74 Å². The van der Waals surface area contributed by atoms with Crippen LogP contribution in [0.15, 0.2) is 0 Å². The predicted molar refractivity (Wildman–Crippen MR) is 68.1 cm³/mol. The first-order valence-corrected chi connectivity index (χ1v) is 7.15. The second-order valence-corrected chi connectivity index (χ2v) is 5.38. The van der Waals surface area contributed by atoms with Gasteiger partial charge in [-0.25, -0.2) is 0 Å². The van der Waals surface area contributed by atoms with Crippen LogP contribution in [-0.4, -0.2) is 43.0 Å². The fraction of sp³-hybridized carbons (Fsp3) is 0.929. The van der Waals surface area contributed by atoms with Gasteiger partial charge in [-0.1, -0.05) is 26.2 Å². The van der Waals surface area contributed by atoms with E-state index in [0.29, 0.717) is 25.0 Å². The van der Waals surface area contributed by atoms with E-state index in [1.807, 2.05) is 0 Å². The van der Waals surface area contributed by atoms with Crippen LogP contribution in [0.1, 0.15) is 45.4 Å². The molecule has 98 valence electrons. The number of hydrogen-bond donors (Lipinski definition) is 0. The van der Waals surface area contributed by atoms with Crippen molar-refractivity contribution in [3.05, 3.63) is 0 Å². The zero-order valence-corrected chi connectivity index (χ0v) is 11.0. The summed E-state index contributed by atoms with van der Waals surface area (Å²) in [7, 11) is 0. The number of likely N-dealkylation sites (N-methyl/N-ethyl adjacent to an activating group) is 1. The summed E-state index contributed by atoms with van der Waals surface area (Å²) in [4.78, 5) is 14.5. The molecule has 0 radical (unpaired) electrons. The lowest BCUT2D eigenvalue weighted by molar-refractivity contribution is -0.124. The summed E-state index contributed by atoms with van der Waals surface area (Å²) in [6.45, 7) is 5.25. The Kier molecular flexibility index (Phi) is 4.99. The number of ether oxygens (including phenoxy) is 1. The van der Waals surface area contributed by atoms with E-state index in [-0.39, 0.29) is 5.92 Å². The largest absolute Gasteiger partial charge is 0.381 e. The molecule has 1 aliphatic carbocycles. The van der Waals surface area contributed by atoms with Crippen LogP contribution in [0.2, 0.25) is 0 Å². The van der Waals surface area contributed by atoms with Crippen LogP contribution in [0.5, 0.6) is 0 Å². The molecular formula is C14H25NO2. The number of rotatable bonds is 5. The second kappa shape index (κ2) is 6.50. The van der Waals surface area contributed by atoms with E-state index in [0.717, 1.165) is 19.6 Å². The quantitative estimate of drug-likeness (QED) is 0.737. The molecule has 0 N–H and O–H groups in total. The standard InChI is InChI=1S/C14H25NO2/c1-2-15(13-6-4-3-5-7-13)10-14(16)12-8-9-17-11-12/h12-13H,2-11H2,1H3. The maximum Gasteiger partial charge on any atom is 0.152 e. The van der Waals surface area contributed by atoms with E-state index >= 15 is 0 Å². The van der Waals surface area contributed by atoms with Crippen molar-refractivity contribution < 1.29 is 9.53 Å². The molecule has 3 nitrogen and oxygen atoms in total. The average molecular weight is 239 g/mol. The van der Waals surface area contributed by atoms with E-state index in [1.54, 1.807) is 0 Å². The third kappa shape index (κ3) is 3.52. The highest BCUT2D eigenvalue weighted by molar-refractivity contribution is 5.83. The van der Waals surface area contributed by atoms with Gasteiger partial charge in [0.2, 0.25) is 0 Å². The van der Waals surface area contributed by atoms with Gasteiger partial charge in [0.05, 0.1) is 13.2 Å². The van der Waals surface area contributed by atoms with E-state index in [1.165, 1.54) is 32.1 Å². The van der Waals surface area contributed by atoms with Crippen LogP contribution in [0.25, 0.3) is 0 Å². The van der Waals surface area contributed by atoms with Crippen LogP contribution in [-0.2, 0) is 9.53 Å². The number of Topliss-reactive ketones (excluding diaryl/α,β-unsaturated/α-hetero) is 1. The molecule has 0 aromatic carbocycles. The van der Waals surface area contributed by atoms with Crippen molar-refractivity contribution in [1.29, 1.82) is 0 Å². The van der Waals surface area contributed by atoms with Crippen LogP contribution in [0, 0.1) is 5.92 Å². The van der Waals surface area contributed by atoms with Crippen molar-refractivity contribution in [2.45, 2.75) is 51.5 Å². The molecule has 1 saturated heterocycles. The van der Waals surface area contributed by atoms with Gasteiger partial charge >= 0.3 is 0 Å². The molecule has 0 aromatic heterocycles. The van der Waals surface area contributed by atoms with Gasteiger partial charge in [-0.2, -0.15) is 0 Å². The van der Waals surface area contributed by atoms with Crippen molar-refractivity contribution >= 4 is 5.78 Å². The molecule has 3 heteroatoms. The minimum absolute atomic E-state index is 0.174. The molecule has 1 atom stereocenters. The molecule has 2 rings (SSSR count). The molecule has 0 amide bonds. The van der Waals surface area contributed by atoms with Crippen LogP contribution < -0.4 is 0 Å². The lowest BCUT2D eigenvalue weighted by Crippen LogP contribution is -2.41. The van der Waals surface area contributed by atoms with E-state index in [2.05, 4.69) is 11.8 Å². The first-order valence-electron chi connectivity index (χ1n) is 7.15. The summed E-state index contributed by atoms with van der Waals surface area (Å²) in [5, 5.41) is 0. The summed E-state index contributed by atoms with van der Waals surface area (Å²) in [5.74, 6) is 0.572. The molecule has 0 spiro atoms. The minimum Gasteiger partial charge on any atom is -0.381 e. The third-order valence-electron chi connectivity index (χ3n) is 4.24. The maximum absolute atomic E-state index is 12.1. The lowest BCUT2D eigenvalue weighted by atomic mass is 9.93. The molecule has 2 aliphatic rings. The number of carbonyl (C=O) groups is 1. The summed E-state index contributed by atoms with van der Waals surface area (Å²) >= 11 is 0. The highest BCUT2D eigenvalue weighted by Gasteiger charge is 2.27. The molecule has 1 saturated carbocycles. The Morgan fingerprint density at radius 1 is 1.24 bits per heavy atom. The fourth-order valence-electron chi connectivity index (χ4n) is 3.06. The summed E-state index contributed by atoms with van der Waals surface area (Å²) in [6, 6.07) is 0.653. The molecule has 0 bridgehead atoms. The highest BCUT2D eigenvalue weighted by atomic mass is 16.5. The van der Waals surface area contributed by atoms with Crippen molar-refractivity contribution in [2.75, 3.05) is 26.3 Å². The first kappa shape index (κ1) is 13.0. The predicted octanol–water partition coefficient (Wildman–Crippen LogP) is 2.25. The van der Waals surface area contributed by atoms with Crippen molar-refractivity contribution in [2.24, 2.45) is 5.92 Å². The van der Waals surface area contributed by atoms with Crippen molar-refractivity contribution in [1.82, 2.24) is 4.90 Å². The van der Waals surface area contributed by atoms with Gasteiger partial charge in [0.15, 0.2) is 5.78 Å². The lowest BCUT2D eigenvalue weighted by Gasteiger charge is -2.33. The Morgan fingerprint density at radius 2 is 2.00 bits per heavy atom. The van der Waals surface area contributed by atoms with Crippen LogP contribution >= 0.6 is 0 Å². The molecule has 1 unspecified atom stereocenters. The fourth-order valence-corrected chi connectivity index (χ4v) is 3.06. The Morgan fingerprint density at radius 3 is 2.59 bits per heavy atom. The Bertz CT molecular complexity index is 243. The molecular weight excluding hydrogens is 214 g/mol. The topological polar surface area (TPSA) is 29.5 Å². The Balaban J connectivity index is 1.82. The molecule has 1 aliphatic heterocycles. The summed E-state index contributed by atoms with van der Waals surface area (Å²) in [5.41, 5.74) is 0. The van der Waals surface area contributed by atoms with Crippen molar-refractivity contribution in [3.8, 4) is 0 Å². The normalized spacial score (nSPS) is 26.6. The number of hydrogen-bond acceptors (Lipinski definition) is 3. The van der Waals surface area contributed by atoms with Crippen molar-refractivity contribution in [3.63, 3.8) is 0 Å². The third-order valence-corrected chi connectivity index (χ3v) is 4.24. The zero-order chi connectivity index (χ0) is 12.1. The SMILES string of the molecule is CCN(CC(=O)C1CCOC1)C1CCCCC1. The first-order chi connectivity index (χ1) is 8.31. The van der Waals surface area contributed by atoms with Gasteiger partial charge in [-0.15, -0.1) is 0 Å². The minimum atomic E-state index is 0.174. The van der Waals surface area contributed by atoms with E-state index in [9.17, 15) is 4.79 Å². The molecule has 0 aromatic rings. The van der Waals surface area contributed by atoms with Crippen LogP contribution in [0.3, 0.4) is 0 Å². The van der Waals surface area contributed by atoms with Gasteiger partial charge in [0, 0.05) is 18.6 Å². The van der Waals surface area contributed by atoms with Gasteiger partial charge in [-0.05, 0) is 25.8 Å². The van der Waals surface area contributed by atoms with E-state index < -0.39 is 0 Å². The zero-order valence-electron chi connectivity index (χ0n) is 11.0. The Labute approximate surface area is 105 Å². The number of carbonyl (C=O) groups excluding carboxylic acids is 1. The van der Waals surface area contributed by atoms with Gasteiger partial charge in [0.1, 0.15) is 0 Å². The smallest absolute Gasteiger partial charge is 0.152 e. The highest BCUT2D eigenvalue weighted by Crippen LogP contribution is 2.23. The van der Waals surface area contributed by atoms with Gasteiger partial charge < -0.3 is 4.74 Å². The summed E-state index contributed by atoms with van der Waals surface area (Å²) in [6.07, 6.45) is 7.54. The monoisotopic (exact) mass is 239 g/mol. The summed E-state index contributed by atoms with van der Waals surface area (Å²) < 4.78 is 5.30. The number of ketones is 1. The Hall–Kier alpha value is -0.410. The maximum atomic E-state index is 12.1. The average Bonchev–Trinajstić information content (AvgIpc) is 2.90. The number of nitrogens with zero attached hydrogens (tertiary/aromatic N) is 1. The molecule has 17 heavy (non-hydrogen) atoms. The van der Waals surface area contributed by atoms with Gasteiger partial charge in [0.25, 0.3) is 0 Å². The molecule has 2 fully saturated rings. The molecule has 1 heterocycles. The van der Waals surface area contributed by atoms with Gasteiger partial charge in [-0.3, -0.25) is 9.69 Å². The van der Waals surface area contributed by atoms with Crippen LogP contribution in [0.4, 0.5) is 0 Å².